The summed E-state index contributed by atoms with van der Waals surface area (Å²) in [5.74, 6) is 0.915. The fourth-order valence-corrected chi connectivity index (χ4v) is 4.91. The number of allylic oxidation sites excluding steroid dienone is 1. The first-order valence-electron chi connectivity index (χ1n) is 11.1. The molecular weight excluding hydrogens is 338 g/mol. The Bertz CT molecular complexity index is 940. The number of hydrogen-bond donors (Lipinski definition) is 0. The SMILES string of the molecule is C=C(Cc1ccccc1CC)c1cn(CCC2CCCCC2)c2ccccc12. The number of nitrogens with zero attached hydrogens (tertiary/aromatic N) is 1. The van der Waals surface area contributed by atoms with Crippen LogP contribution in [0.15, 0.2) is 61.3 Å². The van der Waals surface area contributed by atoms with E-state index in [-0.39, 0.29) is 0 Å². The van der Waals surface area contributed by atoms with Crippen molar-refractivity contribution in [2.75, 3.05) is 0 Å². The number of rotatable bonds is 7. The summed E-state index contributed by atoms with van der Waals surface area (Å²) in [7, 11) is 0. The third-order valence-corrected chi connectivity index (χ3v) is 6.58. The van der Waals surface area contributed by atoms with Crippen molar-refractivity contribution in [1.82, 2.24) is 4.57 Å². The number of aryl methyl sites for hydroxylation is 2. The molecule has 0 aliphatic heterocycles. The second kappa shape index (κ2) is 8.82. The van der Waals surface area contributed by atoms with Gasteiger partial charge < -0.3 is 4.57 Å². The van der Waals surface area contributed by atoms with Crippen LogP contribution < -0.4 is 0 Å². The Morgan fingerprint density at radius 3 is 2.46 bits per heavy atom. The van der Waals surface area contributed by atoms with E-state index in [1.165, 1.54) is 71.7 Å². The van der Waals surface area contributed by atoms with Gasteiger partial charge in [0.2, 0.25) is 0 Å². The van der Waals surface area contributed by atoms with Crippen molar-refractivity contribution in [3.05, 3.63) is 78.0 Å². The molecule has 2 aromatic carbocycles. The van der Waals surface area contributed by atoms with Gasteiger partial charge >= 0.3 is 0 Å². The lowest BCUT2D eigenvalue weighted by molar-refractivity contribution is 0.325. The Kier molecular flexibility index (Phi) is 6.00. The van der Waals surface area contributed by atoms with Gasteiger partial charge in [-0.2, -0.15) is 0 Å². The summed E-state index contributed by atoms with van der Waals surface area (Å²) in [6, 6.07) is 17.6. The van der Waals surface area contributed by atoms with Gasteiger partial charge in [-0.3, -0.25) is 0 Å². The van der Waals surface area contributed by atoms with Crippen LogP contribution in [0.5, 0.6) is 0 Å². The zero-order valence-corrected chi connectivity index (χ0v) is 17.3. The zero-order chi connectivity index (χ0) is 19.3. The Labute approximate surface area is 170 Å². The summed E-state index contributed by atoms with van der Waals surface area (Å²) in [6.07, 6.45) is 12.8. The number of para-hydroxylation sites is 1. The summed E-state index contributed by atoms with van der Waals surface area (Å²) < 4.78 is 2.48. The summed E-state index contributed by atoms with van der Waals surface area (Å²) in [5.41, 5.74) is 6.76. The lowest BCUT2D eigenvalue weighted by atomic mass is 9.87. The highest BCUT2D eigenvalue weighted by molar-refractivity contribution is 5.93. The van der Waals surface area contributed by atoms with Crippen molar-refractivity contribution in [2.24, 2.45) is 5.92 Å². The maximum atomic E-state index is 4.50. The van der Waals surface area contributed by atoms with Gasteiger partial charge in [-0.25, -0.2) is 0 Å². The molecule has 1 fully saturated rings. The molecule has 1 saturated carbocycles. The highest BCUT2D eigenvalue weighted by Crippen LogP contribution is 2.31. The second-order valence-electron chi connectivity index (χ2n) is 8.45. The lowest BCUT2D eigenvalue weighted by Gasteiger charge is -2.21. The molecular formula is C27H33N. The molecule has 1 aliphatic rings. The van der Waals surface area contributed by atoms with Crippen LogP contribution in [0.25, 0.3) is 16.5 Å². The molecule has 28 heavy (non-hydrogen) atoms. The van der Waals surface area contributed by atoms with Crippen molar-refractivity contribution >= 4 is 16.5 Å². The van der Waals surface area contributed by atoms with Gasteiger partial charge in [0.25, 0.3) is 0 Å². The predicted octanol–water partition coefficient (Wildman–Crippen LogP) is 7.43. The molecule has 1 nitrogen and oxygen atoms in total. The third-order valence-electron chi connectivity index (χ3n) is 6.58. The molecule has 1 aromatic heterocycles. The van der Waals surface area contributed by atoms with Gasteiger partial charge in [-0.1, -0.05) is 88.1 Å². The molecule has 4 rings (SSSR count). The van der Waals surface area contributed by atoms with Gasteiger partial charge in [0.1, 0.15) is 0 Å². The molecule has 0 atom stereocenters. The minimum absolute atomic E-state index is 0.915. The van der Waals surface area contributed by atoms with Crippen LogP contribution in [0, 0.1) is 5.92 Å². The van der Waals surface area contributed by atoms with Crippen molar-refractivity contribution in [2.45, 2.75) is 64.8 Å². The minimum atomic E-state index is 0.915. The first-order chi connectivity index (χ1) is 13.8. The van der Waals surface area contributed by atoms with Crippen LogP contribution in [0.4, 0.5) is 0 Å². The molecule has 1 heterocycles. The standard InChI is InChI=1S/C27H33N/c1-3-23-13-7-8-14-24(23)19-21(2)26-20-28(27-16-10-9-15-25(26)27)18-17-22-11-5-4-6-12-22/h7-10,13-16,20,22H,2-6,11-12,17-19H2,1H3. The van der Waals surface area contributed by atoms with E-state index in [4.69, 9.17) is 0 Å². The first-order valence-corrected chi connectivity index (χ1v) is 11.1. The van der Waals surface area contributed by atoms with Gasteiger partial charge in [0, 0.05) is 29.2 Å². The normalized spacial score (nSPS) is 15.2. The molecule has 0 N–H and O–H groups in total. The highest BCUT2D eigenvalue weighted by Gasteiger charge is 2.16. The highest BCUT2D eigenvalue weighted by atomic mass is 15.0. The Balaban J connectivity index is 1.57. The molecule has 1 aliphatic carbocycles. The first kappa shape index (κ1) is 19.1. The molecule has 0 saturated heterocycles. The van der Waals surface area contributed by atoms with Crippen LogP contribution in [0.2, 0.25) is 0 Å². The predicted molar refractivity (Wildman–Crippen MR) is 122 cm³/mol. The van der Waals surface area contributed by atoms with Crippen molar-refractivity contribution < 1.29 is 0 Å². The summed E-state index contributed by atoms with van der Waals surface area (Å²) in [6.45, 7) is 7.86. The van der Waals surface area contributed by atoms with E-state index in [2.05, 4.69) is 72.8 Å². The second-order valence-corrected chi connectivity index (χ2v) is 8.45. The number of benzene rings is 2. The molecule has 1 heteroatoms. The molecule has 0 spiro atoms. The average Bonchev–Trinajstić information content (AvgIpc) is 3.12. The van der Waals surface area contributed by atoms with Gasteiger partial charge in [-0.15, -0.1) is 0 Å². The van der Waals surface area contributed by atoms with Gasteiger partial charge in [0.05, 0.1) is 0 Å². The monoisotopic (exact) mass is 371 g/mol. The van der Waals surface area contributed by atoms with Crippen molar-refractivity contribution in [1.29, 1.82) is 0 Å². The number of hydrogen-bond acceptors (Lipinski definition) is 0. The van der Waals surface area contributed by atoms with Crippen LogP contribution in [-0.2, 0) is 19.4 Å². The van der Waals surface area contributed by atoms with E-state index in [9.17, 15) is 0 Å². The van der Waals surface area contributed by atoms with E-state index >= 15 is 0 Å². The fourth-order valence-electron chi connectivity index (χ4n) is 4.91. The molecule has 0 radical (unpaired) electrons. The van der Waals surface area contributed by atoms with Crippen LogP contribution >= 0.6 is 0 Å². The van der Waals surface area contributed by atoms with E-state index in [0.29, 0.717) is 0 Å². The molecule has 0 unspecified atom stereocenters. The number of aromatic nitrogens is 1. The molecule has 3 aromatic rings. The van der Waals surface area contributed by atoms with E-state index in [1.807, 2.05) is 0 Å². The quantitative estimate of drug-likeness (QED) is 0.407. The maximum Gasteiger partial charge on any atom is 0.0486 e. The summed E-state index contributed by atoms with van der Waals surface area (Å²) in [4.78, 5) is 0. The third kappa shape index (κ3) is 4.09. The van der Waals surface area contributed by atoms with Crippen molar-refractivity contribution in [3.63, 3.8) is 0 Å². The van der Waals surface area contributed by atoms with E-state index in [1.54, 1.807) is 0 Å². The molecule has 0 bridgehead atoms. The van der Waals surface area contributed by atoms with Crippen molar-refractivity contribution in [3.8, 4) is 0 Å². The zero-order valence-electron chi connectivity index (χ0n) is 17.3. The summed E-state index contributed by atoms with van der Waals surface area (Å²) >= 11 is 0. The van der Waals surface area contributed by atoms with Gasteiger partial charge in [0.15, 0.2) is 0 Å². The largest absolute Gasteiger partial charge is 0.347 e. The lowest BCUT2D eigenvalue weighted by Crippen LogP contribution is -2.09. The smallest absolute Gasteiger partial charge is 0.0486 e. The van der Waals surface area contributed by atoms with E-state index < -0.39 is 0 Å². The Morgan fingerprint density at radius 1 is 0.964 bits per heavy atom. The van der Waals surface area contributed by atoms with E-state index in [0.717, 1.165) is 25.3 Å². The molecule has 0 amide bonds. The molecule has 146 valence electrons. The van der Waals surface area contributed by atoms with Crippen LogP contribution in [0.1, 0.15) is 62.1 Å². The van der Waals surface area contributed by atoms with Gasteiger partial charge in [-0.05, 0) is 47.9 Å². The van der Waals surface area contributed by atoms with Crippen LogP contribution in [-0.4, -0.2) is 4.57 Å². The minimum Gasteiger partial charge on any atom is -0.347 e. The Hall–Kier alpha value is -2.28. The average molecular weight is 372 g/mol. The fraction of sp³-hybridized carbons (Fsp3) is 0.407. The Morgan fingerprint density at radius 2 is 1.68 bits per heavy atom. The summed E-state index contributed by atoms with van der Waals surface area (Å²) in [5, 5.41) is 1.35. The maximum absolute atomic E-state index is 4.50. The van der Waals surface area contributed by atoms with Crippen LogP contribution in [0.3, 0.4) is 0 Å². The topological polar surface area (TPSA) is 4.93 Å². The number of fused-ring (bicyclic) bond motifs is 1.